The summed E-state index contributed by atoms with van der Waals surface area (Å²) in [6, 6.07) is 0. The van der Waals surface area contributed by atoms with Crippen LogP contribution >= 0.6 is 0 Å². The quantitative estimate of drug-likeness (QED) is 0.206. The third-order valence-electron chi connectivity index (χ3n) is 5.78. The molecule has 2 nitrogen and oxygen atoms in total. The molecule has 0 fully saturated rings. The van der Waals surface area contributed by atoms with Gasteiger partial charge in [-0.1, -0.05) is 76.7 Å². The number of rotatable bonds is 16. The SMILES string of the molecule is CCCCCC=C(C)C(CC)CCO.CCCCCC=C(C)C(CC)CCO. The third-order valence-corrected chi connectivity index (χ3v) is 5.78. The zero-order chi connectivity index (χ0) is 21.6. The van der Waals surface area contributed by atoms with E-state index in [0.29, 0.717) is 25.0 Å². The molecule has 2 heteroatoms. The first-order valence-electron chi connectivity index (χ1n) is 12.1. The van der Waals surface area contributed by atoms with E-state index >= 15 is 0 Å². The maximum Gasteiger partial charge on any atom is 0.0436 e. The van der Waals surface area contributed by atoms with Crippen molar-refractivity contribution in [2.24, 2.45) is 11.8 Å². The van der Waals surface area contributed by atoms with E-state index in [-0.39, 0.29) is 0 Å². The Morgan fingerprint density at radius 1 is 0.643 bits per heavy atom. The van der Waals surface area contributed by atoms with Gasteiger partial charge in [-0.3, -0.25) is 0 Å². The standard InChI is InChI=1S/2C13H26O/c2*1-4-6-7-8-9-12(3)13(5-2)10-11-14/h2*9,13-14H,4-8,10-11H2,1-3H3. The zero-order valence-electron chi connectivity index (χ0n) is 20.1. The summed E-state index contributed by atoms with van der Waals surface area (Å²) < 4.78 is 0. The van der Waals surface area contributed by atoms with Crippen LogP contribution in [0.3, 0.4) is 0 Å². The number of aliphatic hydroxyl groups is 2. The lowest BCUT2D eigenvalue weighted by Crippen LogP contribution is -2.03. The molecule has 0 spiro atoms. The van der Waals surface area contributed by atoms with Gasteiger partial charge in [0.05, 0.1) is 0 Å². The van der Waals surface area contributed by atoms with Crippen molar-refractivity contribution in [2.45, 2.75) is 119 Å². The van der Waals surface area contributed by atoms with Crippen molar-refractivity contribution in [1.29, 1.82) is 0 Å². The minimum absolute atomic E-state index is 0.318. The Labute approximate surface area is 177 Å². The van der Waals surface area contributed by atoms with Crippen LogP contribution in [0.25, 0.3) is 0 Å². The van der Waals surface area contributed by atoms with Crippen LogP contribution in [0.5, 0.6) is 0 Å². The number of allylic oxidation sites excluding steroid dienone is 4. The lowest BCUT2D eigenvalue weighted by molar-refractivity contribution is 0.264. The fraction of sp³-hybridized carbons (Fsp3) is 0.846. The molecule has 0 saturated heterocycles. The number of hydrogen-bond acceptors (Lipinski definition) is 2. The first kappa shape index (κ1) is 29.6. The van der Waals surface area contributed by atoms with E-state index in [0.717, 1.165) is 25.7 Å². The summed E-state index contributed by atoms with van der Waals surface area (Å²) in [6.07, 6.45) is 19.2. The summed E-state index contributed by atoms with van der Waals surface area (Å²) in [6.45, 7) is 13.9. The summed E-state index contributed by atoms with van der Waals surface area (Å²) in [4.78, 5) is 0. The molecule has 0 aliphatic rings. The highest BCUT2D eigenvalue weighted by Gasteiger charge is 2.07. The maximum atomic E-state index is 8.90. The first-order chi connectivity index (χ1) is 13.5. The van der Waals surface area contributed by atoms with E-state index in [2.05, 4.69) is 53.7 Å². The summed E-state index contributed by atoms with van der Waals surface area (Å²) in [7, 11) is 0. The molecule has 0 radical (unpaired) electrons. The van der Waals surface area contributed by atoms with Crippen molar-refractivity contribution in [3.63, 3.8) is 0 Å². The van der Waals surface area contributed by atoms with E-state index in [1.165, 1.54) is 62.5 Å². The molecule has 0 bridgehead atoms. The maximum absolute atomic E-state index is 8.90. The summed E-state index contributed by atoms with van der Waals surface area (Å²) in [5, 5.41) is 17.8. The normalized spacial score (nSPS) is 14.4. The second kappa shape index (κ2) is 22.7. The van der Waals surface area contributed by atoms with Gasteiger partial charge in [0.15, 0.2) is 0 Å². The molecule has 2 unspecified atom stereocenters. The molecule has 2 atom stereocenters. The van der Waals surface area contributed by atoms with Crippen molar-refractivity contribution in [2.75, 3.05) is 13.2 Å². The largest absolute Gasteiger partial charge is 0.396 e. The highest BCUT2D eigenvalue weighted by atomic mass is 16.3. The van der Waals surface area contributed by atoms with Crippen LogP contribution < -0.4 is 0 Å². The monoisotopic (exact) mass is 396 g/mol. The molecule has 0 amide bonds. The van der Waals surface area contributed by atoms with Gasteiger partial charge in [-0.15, -0.1) is 0 Å². The summed E-state index contributed by atoms with van der Waals surface area (Å²) in [5.41, 5.74) is 2.94. The lowest BCUT2D eigenvalue weighted by Gasteiger charge is -2.14. The van der Waals surface area contributed by atoms with Gasteiger partial charge in [0, 0.05) is 13.2 Å². The van der Waals surface area contributed by atoms with E-state index in [1.54, 1.807) is 0 Å². The summed E-state index contributed by atoms with van der Waals surface area (Å²) >= 11 is 0. The Balaban J connectivity index is 0. The molecule has 0 aliphatic carbocycles. The fourth-order valence-electron chi connectivity index (χ4n) is 3.60. The van der Waals surface area contributed by atoms with E-state index in [9.17, 15) is 0 Å². The van der Waals surface area contributed by atoms with Crippen molar-refractivity contribution < 1.29 is 10.2 Å². The van der Waals surface area contributed by atoms with Crippen LogP contribution in [0.4, 0.5) is 0 Å². The van der Waals surface area contributed by atoms with Crippen LogP contribution in [-0.4, -0.2) is 23.4 Å². The molecule has 0 aromatic rings. The number of hydrogen-bond donors (Lipinski definition) is 2. The second-order valence-corrected chi connectivity index (χ2v) is 8.12. The molecular weight excluding hydrogens is 344 g/mol. The van der Waals surface area contributed by atoms with Gasteiger partial charge in [-0.05, 0) is 77.0 Å². The molecule has 0 heterocycles. The lowest BCUT2D eigenvalue weighted by atomic mass is 9.93. The zero-order valence-corrected chi connectivity index (χ0v) is 20.1. The van der Waals surface area contributed by atoms with Gasteiger partial charge in [0.2, 0.25) is 0 Å². The Hall–Kier alpha value is -0.600. The van der Waals surface area contributed by atoms with Gasteiger partial charge < -0.3 is 10.2 Å². The van der Waals surface area contributed by atoms with E-state index < -0.39 is 0 Å². The minimum atomic E-state index is 0.318. The van der Waals surface area contributed by atoms with Gasteiger partial charge in [0.1, 0.15) is 0 Å². The summed E-state index contributed by atoms with van der Waals surface area (Å²) in [5.74, 6) is 1.20. The Morgan fingerprint density at radius 3 is 1.25 bits per heavy atom. The van der Waals surface area contributed by atoms with Crippen molar-refractivity contribution in [1.82, 2.24) is 0 Å². The van der Waals surface area contributed by atoms with Crippen LogP contribution in [-0.2, 0) is 0 Å². The average Bonchev–Trinajstić information content (AvgIpc) is 2.70. The highest BCUT2D eigenvalue weighted by molar-refractivity contribution is 5.03. The van der Waals surface area contributed by atoms with Crippen LogP contribution in [0, 0.1) is 11.8 Å². The van der Waals surface area contributed by atoms with Crippen molar-refractivity contribution >= 4 is 0 Å². The van der Waals surface area contributed by atoms with Gasteiger partial charge in [-0.2, -0.15) is 0 Å². The minimum Gasteiger partial charge on any atom is -0.396 e. The van der Waals surface area contributed by atoms with Crippen LogP contribution in [0.2, 0.25) is 0 Å². The van der Waals surface area contributed by atoms with E-state index in [4.69, 9.17) is 10.2 Å². The van der Waals surface area contributed by atoms with Crippen LogP contribution in [0.1, 0.15) is 119 Å². The predicted molar refractivity (Wildman–Crippen MR) is 127 cm³/mol. The Kier molecular flexibility index (Phi) is 24.0. The number of aliphatic hydroxyl groups excluding tert-OH is 2. The third kappa shape index (κ3) is 17.5. The second-order valence-electron chi connectivity index (χ2n) is 8.12. The van der Waals surface area contributed by atoms with Crippen molar-refractivity contribution in [3.8, 4) is 0 Å². The molecule has 0 rings (SSSR count). The Morgan fingerprint density at radius 2 is 1.00 bits per heavy atom. The Bertz CT molecular complexity index is 335. The smallest absolute Gasteiger partial charge is 0.0436 e. The molecule has 2 N–H and O–H groups in total. The van der Waals surface area contributed by atoms with Gasteiger partial charge in [-0.25, -0.2) is 0 Å². The van der Waals surface area contributed by atoms with Gasteiger partial charge in [0.25, 0.3) is 0 Å². The van der Waals surface area contributed by atoms with Crippen molar-refractivity contribution in [3.05, 3.63) is 23.3 Å². The molecular formula is C26H52O2. The topological polar surface area (TPSA) is 40.5 Å². The predicted octanol–water partition coefficient (Wildman–Crippen LogP) is 7.84. The first-order valence-corrected chi connectivity index (χ1v) is 12.1. The molecule has 0 aliphatic heterocycles. The fourth-order valence-corrected chi connectivity index (χ4v) is 3.60. The highest BCUT2D eigenvalue weighted by Crippen LogP contribution is 2.20. The molecule has 168 valence electrons. The molecule has 0 aromatic carbocycles. The number of unbranched alkanes of at least 4 members (excludes halogenated alkanes) is 6. The van der Waals surface area contributed by atoms with Crippen LogP contribution in [0.15, 0.2) is 23.3 Å². The molecule has 28 heavy (non-hydrogen) atoms. The van der Waals surface area contributed by atoms with Gasteiger partial charge >= 0.3 is 0 Å². The molecule has 0 aromatic heterocycles. The average molecular weight is 397 g/mol. The molecule has 0 saturated carbocycles. The van der Waals surface area contributed by atoms with E-state index in [1.807, 2.05) is 0 Å².